The molecule has 1 heterocycles. The number of esters is 1. The third kappa shape index (κ3) is 3.00. The van der Waals surface area contributed by atoms with Crippen LogP contribution in [0.4, 0.5) is 0 Å². The molecule has 0 aromatic heterocycles. The van der Waals surface area contributed by atoms with Crippen LogP contribution in [0.3, 0.4) is 0 Å². The van der Waals surface area contributed by atoms with E-state index in [-0.39, 0.29) is 11.8 Å². The molecule has 2 rings (SSSR count). The number of benzene rings is 1. The Morgan fingerprint density at radius 1 is 1.38 bits per heavy atom. The van der Waals surface area contributed by atoms with E-state index in [0.29, 0.717) is 38.2 Å². The predicted molar refractivity (Wildman–Crippen MR) is 77.3 cm³/mol. The van der Waals surface area contributed by atoms with Crippen LogP contribution < -0.4 is 5.73 Å². The van der Waals surface area contributed by atoms with Crippen LogP contribution >= 0.6 is 0 Å². The van der Waals surface area contributed by atoms with E-state index in [0.717, 1.165) is 5.56 Å². The number of rotatable bonds is 4. The van der Waals surface area contributed by atoms with Crippen molar-refractivity contribution in [2.24, 2.45) is 10.9 Å². The van der Waals surface area contributed by atoms with Crippen LogP contribution in [0.1, 0.15) is 30.9 Å². The van der Waals surface area contributed by atoms with E-state index < -0.39 is 5.41 Å². The zero-order chi connectivity index (χ0) is 15.3. The van der Waals surface area contributed by atoms with Crippen LogP contribution in [0.15, 0.2) is 29.4 Å². The molecule has 0 radical (unpaired) electrons. The summed E-state index contributed by atoms with van der Waals surface area (Å²) in [4.78, 5) is 12.4. The summed E-state index contributed by atoms with van der Waals surface area (Å²) in [5, 5.41) is 11.7. The van der Waals surface area contributed by atoms with E-state index in [1.54, 1.807) is 19.1 Å². The summed E-state index contributed by atoms with van der Waals surface area (Å²) in [6.07, 6.45) is 1.18. The number of amidine groups is 1. The smallest absolute Gasteiger partial charge is 0.316 e. The first-order chi connectivity index (χ1) is 10.1. The van der Waals surface area contributed by atoms with Gasteiger partial charge in [0.25, 0.3) is 0 Å². The molecule has 0 atom stereocenters. The highest BCUT2D eigenvalue weighted by atomic mass is 16.5. The molecule has 1 fully saturated rings. The summed E-state index contributed by atoms with van der Waals surface area (Å²) >= 11 is 0. The largest absolute Gasteiger partial charge is 0.465 e. The van der Waals surface area contributed by atoms with Gasteiger partial charge in [0, 0.05) is 18.8 Å². The van der Waals surface area contributed by atoms with Crippen LogP contribution in [0.25, 0.3) is 0 Å². The molecule has 0 aliphatic carbocycles. The molecule has 1 aliphatic heterocycles. The number of carbonyl (C=O) groups is 1. The summed E-state index contributed by atoms with van der Waals surface area (Å²) in [6, 6.07) is 7.13. The average Bonchev–Trinajstić information content (AvgIpc) is 2.55. The number of hydrogen-bond acceptors (Lipinski definition) is 5. The molecular formula is C15H20N2O4. The Bertz CT molecular complexity index is 519. The highest BCUT2D eigenvalue weighted by Crippen LogP contribution is 2.36. The second-order valence-corrected chi connectivity index (χ2v) is 4.98. The predicted octanol–water partition coefficient (Wildman–Crippen LogP) is 1.39. The quantitative estimate of drug-likeness (QED) is 0.287. The van der Waals surface area contributed by atoms with Gasteiger partial charge in [0.2, 0.25) is 0 Å². The van der Waals surface area contributed by atoms with Crippen LogP contribution in [-0.2, 0) is 19.7 Å². The van der Waals surface area contributed by atoms with Gasteiger partial charge >= 0.3 is 5.97 Å². The maximum absolute atomic E-state index is 12.4. The zero-order valence-corrected chi connectivity index (χ0v) is 12.0. The Labute approximate surface area is 123 Å². The van der Waals surface area contributed by atoms with Gasteiger partial charge in [0.05, 0.1) is 12.0 Å². The van der Waals surface area contributed by atoms with Gasteiger partial charge in [-0.25, -0.2) is 0 Å². The molecule has 1 aromatic carbocycles. The van der Waals surface area contributed by atoms with Crippen molar-refractivity contribution in [3.05, 3.63) is 35.4 Å². The standard InChI is InChI=1S/C15H20N2O4/c1-2-21-14(18)15(7-9-20-10-8-15)12-5-3-11(4-6-12)13(16)17-19/h3-6,19H,2,7-10H2,1H3,(H2,16,17). The van der Waals surface area contributed by atoms with Crippen molar-refractivity contribution in [3.8, 4) is 0 Å². The van der Waals surface area contributed by atoms with Gasteiger partial charge in [0.1, 0.15) is 0 Å². The molecule has 6 heteroatoms. The Balaban J connectivity index is 2.35. The van der Waals surface area contributed by atoms with E-state index in [1.807, 2.05) is 12.1 Å². The van der Waals surface area contributed by atoms with Gasteiger partial charge < -0.3 is 20.4 Å². The van der Waals surface area contributed by atoms with E-state index in [2.05, 4.69) is 5.16 Å². The van der Waals surface area contributed by atoms with E-state index in [1.165, 1.54) is 0 Å². The molecular weight excluding hydrogens is 272 g/mol. The van der Waals surface area contributed by atoms with Crippen LogP contribution in [0, 0.1) is 0 Å². The number of nitrogens with two attached hydrogens (primary N) is 1. The lowest BCUT2D eigenvalue weighted by molar-refractivity contribution is -0.154. The second-order valence-electron chi connectivity index (χ2n) is 4.98. The molecule has 6 nitrogen and oxygen atoms in total. The highest BCUT2D eigenvalue weighted by Gasteiger charge is 2.43. The van der Waals surface area contributed by atoms with Crippen LogP contribution in [-0.4, -0.2) is 36.8 Å². The van der Waals surface area contributed by atoms with Gasteiger partial charge in [-0.3, -0.25) is 4.79 Å². The first-order valence-electron chi connectivity index (χ1n) is 6.97. The minimum atomic E-state index is -0.669. The third-order valence-corrected chi connectivity index (χ3v) is 3.85. The van der Waals surface area contributed by atoms with Gasteiger partial charge in [-0.05, 0) is 25.3 Å². The fourth-order valence-corrected chi connectivity index (χ4v) is 2.62. The molecule has 0 saturated carbocycles. The first-order valence-corrected chi connectivity index (χ1v) is 6.97. The van der Waals surface area contributed by atoms with Gasteiger partial charge in [0.15, 0.2) is 5.84 Å². The molecule has 1 saturated heterocycles. The summed E-state index contributed by atoms with van der Waals surface area (Å²) in [7, 11) is 0. The van der Waals surface area contributed by atoms with Crippen molar-refractivity contribution >= 4 is 11.8 Å². The minimum Gasteiger partial charge on any atom is -0.465 e. The molecule has 3 N–H and O–H groups in total. The lowest BCUT2D eigenvalue weighted by Crippen LogP contribution is -2.42. The van der Waals surface area contributed by atoms with Crippen LogP contribution in [0.5, 0.6) is 0 Å². The van der Waals surface area contributed by atoms with Crippen molar-refractivity contribution in [3.63, 3.8) is 0 Å². The lowest BCUT2D eigenvalue weighted by Gasteiger charge is -2.35. The summed E-state index contributed by atoms with van der Waals surface area (Å²) < 4.78 is 10.6. The Hall–Kier alpha value is -2.08. The van der Waals surface area contributed by atoms with Crippen molar-refractivity contribution in [1.82, 2.24) is 0 Å². The van der Waals surface area contributed by atoms with Crippen molar-refractivity contribution in [1.29, 1.82) is 0 Å². The van der Waals surface area contributed by atoms with Gasteiger partial charge in [-0.15, -0.1) is 0 Å². The maximum atomic E-state index is 12.4. The number of hydrogen-bond donors (Lipinski definition) is 2. The fraction of sp³-hybridized carbons (Fsp3) is 0.467. The zero-order valence-electron chi connectivity index (χ0n) is 12.0. The van der Waals surface area contributed by atoms with E-state index in [4.69, 9.17) is 20.4 Å². The normalized spacial score (nSPS) is 18.2. The topological polar surface area (TPSA) is 94.1 Å². The summed E-state index contributed by atoms with van der Waals surface area (Å²) in [5.74, 6) is -0.177. The summed E-state index contributed by atoms with van der Waals surface area (Å²) in [6.45, 7) is 3.21. The monoisotopic (exact) mass is 292 g/mol. The molecule has 1 aromatic rings. The Kier molecular flexibility index (Phi) is 4.80. The number of ether oxygens (including phenoxy) is 2. The Morgan fingerprint density at radius 3 is 2.52 bits per heavy atom. The summed E-state index contributed by atoms with van der Waals surface area (Å²) in [5.41, 5.74) is 6.36. The molecule has 0 bridgehead atoms. The van der Waals surface area contributed by atoms with E-state index in [9.17, 15) is 4.79 Å². The molecule has 0 spiro atoms. The molecule has 0 amide bonds. The lowest BCUT2D eigenvalue weighted by atomic mass is 9.74. The molecule has 0 unspecified atom stereocenters. The SMILES string of the molecule is CCOC(=O)C1(c2ccc(/C(N)=N\O)cc2)CCOCC1. The number of carbonyl (C=O) groups excluding carboxylic acids is 1. The highest BCUT2D eigenvalue weighted by molar-refractivity contribution is 5.97. The van der Waals surface area contributed by atoms with Crippen molar-refractivity contribution in [2.75, 3.05) is 19.8 Å². The number of oxime groups is 1. The third-order valence-electron chi connectivity index (χ3n) is 3.85. The second kappa shape index (κ2) is 6.58. The van der Waals surface area contributed by atoms with E-state index >= 15 is 0 Å². The Morgan fingerprint density at radius 2 is 2.00 bits per heavy atom. The van der Waals surface area contributed by atoms with Gasteiger partial charge in [-0.2, -0.15) is 0 Å². The average molecular weight is 292 g/mol. The molecule has 21 heavy (non-hydrogen) atoms. The fourth-order valence-electron chi connectivity index (χ4n) is 2.62. The number of nitrogens with zero attached hydrogens (tertiary/aromatic N) is 1. The van der Waals surface area contributed by atoms with Crippen LogP contribution in [0.2, 0.25) is 0 Å². The minimum absolute atomic E-state index is 0.0405. The van der Waals surface area contributed by atoms with Crippen molar-refractivity contribution < 1.29 is 19.5 Å². The van der Waals surface area contributed by atoms with Crippen molar-refractivity contribution in [2.45, 2.75) is 25.2 Å². The molecule has 1 aliphatic rings. The maximum Gasteiger partial charge on any atom is 0.316 e. The first kappa shape index (κ1) is 15.3. The molecule has 114 valence electrons. The van der Waals surface area contributed by atoms with Gasteiger partial charge in [-0.1, -0.05) is 29.4 Å².